The van der Waals surface area contributed by atoms with E-state index in [1.807, 2.05) is 0 Å². The molecule has 1 rings (SSSR count). The van der Waals surface area contributed by atoms with Crippen molar-refractivity contribution in [2.75, 3.05) is 7.11 Å². The van der Waals surface area contributed by atoms with Crippen LogP contribution < -0.4 is 0 Å². The van der Waals surface area contributed by atoms with E-state index in [1.54, 1.807) is 13.0 Å². The van der Waals surface area contributed by atoms with Crippen LogP contribution in [-0.4, -0.2) is 18.1 Å². The number of hydrogen-bond donors (Lipinski definition) is 0. The highest BCUT2D eigenvalue weighted by Gasteiger charge is 2.14. The molecule has 0 aromatic carbocycles. The summed E-state index contributed by atoms with van der Waals surface area (Å²) in [5.41, 5.74) is 1.06. The molecule has 0 bridgehead atoms. The molecule has 0 saturated carbocycles. The second kappa shape index (κ2) is 4.07. The van der Waals surface area contributed by atoms with Gasteiger partial charge in [0.05, 0.1) is 17.1 Å². The highest BCUT2D eigenvalue weighted by atomic mass is 79.9. The zero-order valence-electron chi connectivity index (χ0n) is 7.10. The van der Waals surface area contributed by atoms with E-state index >= 15 is 0 Å². The number of carbonyl (C=O) groups is 1. The lowest BCUT2D eigenvalue weighted by molar-refractivity contribution is 0.0599. The molecule has 1 aromatic rings. The molecule has 1 heterocycles. The maximum Gasteiger partial charge on any atom is 0.339 e. The minimum Gasteiger partial charge on any atom is -0.465 e. The Balaban J connectivity index is 3.28. The van der Waals surface area contributed by atoms with Crippen molar-refractivity contribution in [3.05, 3.63) is 26.9 Å². The van der Waals surface area contributed by atoms with E-state index in [-0.39, 0.29) is 5.15 Å². The van der Waals surface area contributed by atoms with Crippen LogP contribution in [0.15, 0.2) is 10.5 Å². The van der Waals surface area contributed by atoms with Gasteiger partial charge in [-0.1, -0.05) is 11.6 Å². The molecule has 0 aliphatic heterocycles. The van der Waals surface area contributed by atoms with Gasteiger partial charge in [0.1, 0.15) is 5.15 Å². The first-order valence-corrected chi connectivity index (χ1v) is 4.64. The first-order chi connectivity index (χ1) is 6.06. The van der Waals surface area contributed by atoms with Crippen molar-refractivity contribution in [1.82, 2.24) is 4.98 Å². The molecule has 0 aliphatic carbocycles. The van der Waals surface area contributed by atoms with Crippen molar-refractivity contribution >= 4 is 33.5 Å². The number of nitrogens with zero attached hydrogens (tertiary/aromatic N) is 1. The van der Waals surface area contributed by atoms with Crippen LogP contribution in [0, 0.1) is 6.92 Å². The maximum atomic E-state index is 11.2. The number of methoxy groups -OCH3 is 1. The fraction of sp³-hybridized carbons (Fsp3) is 0.250. The van der Waals surface area contributed by atoms with Crippen LogP contribution in [0.5, 0.6) is 0 Å². The first kappa shape index (κ1) is 10.5. The van der Waals surface area contributed by atoms with Crippen molar-refractivity contribution in [3.8, 4) is 0 Å². The van der Waals surface area contributed by atoms with Gasteiger partial charge in [0.25, 0.3) is 0 Å². The number of carbonyl (C=O) groups excluding carboxylic acids is 1. The Bertz CT molecular complexity index is 354. The summed E-state index contributed by atoms with van der Waals surface area (Å²) in [6, 6.07) is 1.61. The number of esters is 1. The van der Waals surface area contributed by atoms with Crippen LogP contribution in [0.1, 0.15) is 16.1 Å². The van der Waals surface area contributed by atoms with Crippen molar-refractivity contribution in [2.24, 2.45) is 0 Å². The highest BCUT2D eigenvalue weighted by Crippen LogP contribution is 2.25. The number of hydrogen-bond acceptors (Lipinski definition) is 3. The Labute approximate surface area is 89.2 Å². The zero-order valence-corrected chi connectivity index (χ0v) is 9.44. The molecule has 0 fully saturated rings. The molecule has 5 heteroatoms. The Morgan fingerprint density at radius 3 is 2.85 bits per heavy atom. The molecule has 0 radical (unpaired) electrons. The normalized spacial score (nSPS) is 9.85. The summed E-state index contributed by atoms with van der Waals surface area (Å²) in [4.78, 5) is 15.2. The third-order valence-electron chi connectivity index (χ3n) is 1.45. The Morgan fingerprint density at radius 2 is 2.31 bits per heavy atom. The Hall–Kier alpha value is -0.610. The molecule has 0 saturated heterocycles. The van der Waals surface area contributed by atoms with E-state index in [0.717, 1.165) is 0 Å². The van der Waals surface area contributed by atoms with Gasteiger partial charge in [-0.05, 0) is 28.9 Å². The number of ether oxygens (including phenoxy) is 1. The smallest absolute Gasteiger partial charge is 0.339 e. The molecule has 0 spiro atoms. The van der Waals surface area contributed by atoms with Crippen LogP contribution in [0.2, 0.25) is 5.15 Å². The fourth-order valence-corrected chi connectivity index (χ4v) is 1.48. The van der Waals surface area contributed by atoms with Crippen molar-refractivity contribution in [3.63, 3.8) is 0 Å². The Morgan fingerprint density at radius 1 is 1.69 bits per heavy atom. The van der Waals surface area contributed by atoms with Crippen LogP contribution in [0.3, 0.4) is 0 Å². The van der Waals surface area contributed by atoms with E-state index in [9.17, 15) is 4.79 Å². The molecule has 0 N–H and O–H groups in total. The molecule has 70 valence electrons. The van der Waals surface area contributed by atoms with Crippen molar-refractivity contribution in [1.29, 1.82) is 0 Å². The fourth-order valence-electron chi connectivity index (χ4n) is 0.878. The molecule has 0 atom stereocenters. The summed E-state index contributed by atoms with van der Waals surface area (Å²) in [7, 11) is 1.32. The van der Waals surface area contributed by atoms with Crippen molar-refractivity contribution in [2.45, 2.75) is 6.92 Å². The standard InChI is InChI=1S/C8H7BrClNO2/c1-4-3-5(8(12)13-2)6(9)7(10)11-4/h3H,1-2H3. The lowest BCUT2D eigenvalue weighted by Crippen LogP contribution is -2.04. The third-order valence-corrected chi connectivity index (χ3v) is 2.76. The third kappa shape index (κ3) is 2.19. The second-order valence-corrected chi connectivity index (χ2v) is 3.56. The van der Waals surface area contributed by atoms with Gasteiger partial charge in [0, 0.05) is 5.69 Å². The number of aryl methyl sites for hydroxylation is 1. The molecule has 0 unspecified atom stereocenters. The van der Waals surface area contributed by atoms with Crippen LogP contribution in [0.4, 0.5) is 0 Å². The summed E-state index contributed by atoms with van der Waals surface area (Å²) < 4.78 is 5.04. The number of aromatic nitrogens is 1. The van der Waals surface area contributed by atoms with Crippen molar-refractivity contribution < 1.29 is 9.53 Å². The summed E-state index contributed by atoms with van der Waals surface area (Å²) in [5, 5.41) is 0.264. The lowest BCUT2D eigenvalue weighted by atomic mass is 10.2. The predicted molar refractivity (Wildman–Crippen MR) is 53.0 cm³/mol. The number of halogens is 2. The van der Waals surface area contributed by atoms with Gasteiger partial charge in [-0.15, -0.1) is 0 Å². The quantitative estimate of drug-likeness (QED) is 0.578. The largest absolute Gasteiger partial charge is 0.465 e. The van der Waals surface area contributed by atoms with E-state index in [4.69, 9.17) is 11.6 Å². The zero-order chi connectivity index (χ0) is 10.0. The highest BCUT2D eigenvalue weighted by molar-refractivity contribution is 9.10. The molecular weight excluding hydrogens is 257 g/mol. The maximum absolute atomic E-state index is 11.2. The average molecular weight is 265 g/mol. The monoisotopic (exact) mass is 263 g/mol. The SMILES string of the molecule is COC(=O)c1cc(C)nc(Cl)c1Br. The number of pyridine rings is 1. The summed E-state index contributed by atoms with van der Waals surface area (Å²) in [6.07, 6.45) is 0. The molecular formula is C8H7BrClNO2. The van der Waals surface area contributed by atoms with Crippen LogP contribution in [-0.2, 0) is 4.74 Å². The molecule has 1 aromatic heterocycles. The topological polar surface area (TPSA) is 39.2 Å². The van der Waals surface area contributed by atoms with Crippen LogP contribution >= 0.6 is 27.5 Å². The van der Waals surface area contributed by atoms with Gasteiger partial charge >= 0.3 is 5.97 Å². The average Bonchev–Trinajstić information content (AvgIpc) is 2.10. The minimum absolute atomic E-state index is 0.264. The van der Waals surface area contributed by atoms with Gasteiger partial charge in [-0.25, -0.2) is 9.78 Å². The molecule has 0 amide bonds. The van der Waals surface area contributed by atoms with E-state index < -0.39 is 5.97 Å². The molecule has 13 heavy (non-hydrogen) atoms. The number of rotatable bonds is 1. The Kier molecular flexibility index (Phi) is 3.27. The predicted octanol–water partition coefficient (Wildman–Crippen LogP) is 2.59. The second-order valence-electron chi connectivity index (χ2n) is 2.41. The van der Waals surface area contributed by atoms with Crippen LogP contribution in [0.25, 0.3) is 0 Å². The first-order valence-electron chi connectivity index (χ1n) is 3.47. The summed E-state index contributed by atoms with van der Waals surface area (Å²) >= 11 is 8.91. The van der Waals surface area contributed by atoms with E-state index in [0.29, 0.717) is 15.7 Å². The van der Waals surface area contributed by atoms with E-state index in [2.05, 4.69) is 25.7 Å². The van der Waals surface area contributed by atoms with E-state index in [1.165, 1.54) is 7.11 Å². The van der Waals surface area contributed by atoms with Gasteiger partial charge < -0.3 is 4.74 Å². The minimum atomic E-state index is -0.431. The molecule has 3 nitrogen and oxygen atoms in total. The van der Waals surface area contributed by atoms with Gasteiger partial charge in [0.15, 0.2) is 0 Å². The van der Waals surface area contributed by atoms with Gasteiger partial charge in [-0.3, -0.25) is 0 Å². The van der Waals surface area contributed by atoms with Gasteiger partial charge in [-0.2, -0.15) is 0 Å². The summed E-state index contributed by atoms with van der Waals surface area (Å²) in [5.74, 6) is -0.431. The lowest BCUT2D eigenvalue weighted by Gasteiger charge is -2.04. The van der Waals surface area contributed by atoms with Gasteiger partial charge in [0.2, 0.25) is 0 Å². The molecule has 0 aliphatic rings. The summed E-state index contributed by atoms with van der Waals surface area (Å²) in [6.45, 7) is 1.75.